The number of methoxy groups -OCH3 is 1. The van der Waals surface area contributed by atoms with Gasteiger partial charge in [-0.2, -0.15) is 0 Å². The lowest BCUT2D eigenvalue weighted by molar-refractivity contribution is 0.0938. The van der Waals surface area contributed by atoms with Gasteiger partial charge in [0.1, 0.15) is 5.75 Å². The fourth-order valence-corrected chi connectivity index (χ4v) is 4.79. The number of nitrogens with one attached hydrogen (secondary N) is 1. The molecule has 1 saturated carbocycles. The van der Waals surface area contributed by atoms with Crippen molar-refractivity contribution >= 4 is 33.2 Å². The van der Waals surface area contributed by atoms with Crippen LogP contribution in [0.1, 0.15) is 36.0 Å². The number of amides is 1. The maximum Gasteiger partial charge on any atom is 0.264 e. The van der Waals surface area contributed by atoms with Crippen LogP contribution in [0.2, 0.25) is 5.02 Å². The van der Waals surface area contributed by atoms with Gasteiger partial charge in [0.2, 0.25) is 0 Å². The van der Waals surface area contributed by atoms with Gasteiger partial charge in [-0.3, -0.25) is 9.10 Å². The Labute approximate surface area is 170 Å². The van der Waals surface area contributed by atoms with Gasteiger partial charge < -0.3 is 10.1 Å². The third-order valence-corrected chi connectivity index (χ3v) is 7.05. The van der Waals surface area contributed by atoms with Gasteiger partial charge in [-0.05, 0) is 43.2 Å². The van der Waals surface area contributed by atoms with Gasteiger partial charge in [0.15, 0.2) is 0 Å². The van der Waals surface area contributed by atoms with Crippen LogP contribution >= 0.6 is 11.6 Å². The molecule has 6 nitrogen and oxygen atoms in total. The summed E-state index contributed by atoms with van der Waals surface area (Å²) in [6.07, 6.45) is 4.02. The van der Waals surface area contributed by atoms with Crippen LogP contribution in [0.25, 0.3) is 0 Å². The van der Waals surface area contributed by atoms with Gasteiger partial charge in [-0.25, -0.2) is 8.42 Å². The monoisotopic (exact) mass is 422 g/mol. The zero-order valence-electron chi connectivity index (χ0n) is 15.8. The number of halogens is 1. The summed E-state index contributed by atoms with van der Waals surface area (Å²) in [5, 5.41) is 3.16. The number of nitrogens with zero attached hydrogens (tertiary/aromatic N) is 1. The van der Waals surface area contributed by atoms with Crippen LogP contribution in [0.5, 0.6) is 5.75 Å². The van der Waals surface area contributed by atoms with E-state index in [1.54, 1.807) is 24.3 Å². The highest BCUT2D eigenvalue weighted by molar-refractivity contribution is 7.92. The van der Waals surface area contributed by atoms with Gasteiger partial charge in [-0.1, -0.05) is 36.6 Å². The van der Waals surface area contributed by atoms with Crippen molar-refractivity contribution in [1.29, 1.82) is 0 Å². The molecule has 1 amide bonds. The summed E-state index contributed by atoms with van der Waals surface area (Å²) in [5.41, 5.74) is 0.556. The second kappa shape index (κ2) is 8.41. The summed E-state index contributed by atoms with van der Waals surface area (Å²) in [6, 6.07) is 11.1. The molecule has 1 aliphatic carbocycles. The molecule has 0 unspecified atom stereocenters. The Balaban J connectivity index is 1.92. The molecule has 0 bridgehead atoms. The van der Waals surface area contributed by atoms with Crippen molar-refractivity contribution in [3.05, 3.63) is 53.1 Å². The first kappa shape index (κ1) is 20.5. The number of para-hydroxylation sites is 2. The van der Waals surface area contributed by atoms with Crippen molar-refractivity contribution in [2.24, 2.45) is 0 Å². The molecule has 2 aromatic rings. The Morgan fingerprint density at radius 1 is 1.18 bits per heavy atom. The second-order valence-electron chi connectivity index (χ2n) is 6.74. The number of anilines is 1. The Morgan fingerprint density at radius 2 is 1.86 bits per heavy atom. The number of rotatable bonds is 6. The molecular weight excluding hydrogens is 400 g/mol. The standard InChI is InChI=1S/C20H23ClN2O4S/c1-23(18-9-5-6-10-19(18)27-2)28(25,26)15-11-12-17(21)16(13-15)20(24)22-14-7-3-4-8-14/h5-6,9-14H,3-4,7-8H2,1-2H3,(H,22,24). The number of hydrogen-bond acceptors (Lipinski definition) is 4. The first-order valence-corrected chi connectivity index (χ1v) is 10.9. The lowest BCUT2D eigenvalue weighted by atomic mass is 10.2. The highest BCUT2D eigenvalue weighted by Crippen LogP contribution is 2.32. The van der Waals surface area contributed by atoms with E-state index in [2.05, 4.69) is 5.32 Å². The lowest BCUT2D eigenvalue weighted by Gasteiger charge is -2.22. The first-order valence-electron chi connectivity index (χ1n) is 9.07. The minimum absolute atomic E-state index is 0.0121. The summed E-state index contributed by atoms with van der Waals surface area (Å²) in [4.78, 5) is 12.6. The van der Waals surface area contributed by atoms with Crippen molar-refractivity contribution in [2.45, 2.75) is 36.6 Å². The fourth-order valence-electron chi connectivity index (χ4n) is 3.35. The number of hydrogen-bond donors (Lipinski definition) is 1. The second-order valence-corrected chi connectivity index (χ2v) is 9.12. The van der Waals surface area contributed by atoms with E-state index in [1.807, 2.05) is 0 Å². The molecule has 1 fully saturated rings. The summed E-state index contributed by atoms with van der Waals surface area (Å²) in [5.74, 6) is 0.0793. The minimum Gasteiger partial charge on any atom is -0.495 e. The van der Waals surface area contributed by atoms with E-state index in [-0.39, 0.29) is 27.4 Å². The minimum atomic E-state index is -3.91. The topological polar surface area (TPSA) is 75.7 Å². The number of carbonyl (C=O) groups excluding carboxylic acids is 1. The molecule has 0 spiro atoms. The highest BCUT2D eigenvalue weighted by atomic mass is 35.5. The van der Waals surface area contributed by atoms with Crippen molar-refractivity contribution in [2.75, 3.05) is 18.5 Å². The Bertz CT molecular complexity index is 972. The molecule has 0 atom stereocenters. The van der Waals surface area contributed by atoms with Crippen LogP contribution in [-0.2, 0) is 10.0 Å². The van der Waals surface area contributed by atoms with E-state index >= 15 is 0 Å². The molecule has 1 N–H and O–H groups in total. The van der Waals surface area contributed by atoms with Gasteiger partial charge in [0.05, 0.1) is 28.3 Å². The van der Waals surface area contributed by atoms with Crippen LogP contribution in [-0.4, -0.2) is 34.5 Å². The highest BCUT2D eigenvalue weighted by Gasteiger charge is 2.26. The summed E-state index contributed by atoms with van der Waals surface area (Å²) < 4.78 is 32.6. The number of ether oxygens (including phenoxy) is 1. The number of carbonyl (C=O) groups is 1. The van der Waals surface area contributed by atoms with Crippen molar-refractivity contribution < 1.29 is 17.9 Å². The van der Waals surface area contributed by atoms with Crippen molar-refractivity contribution in [3.63, 3.8) is 0 Å². The molecule has 8 heteroatoms. The fraction of sp³-hybridized carbons (Fsp3) is 0.350. The van der Waals surface area contributed by atoms with Crippen LogP contribution in [0.4, 0.5) is 5.69 Å². The van der Waals surface area contributed by atoms with Crippen LogP contribution in [0.3, 0.4) is 0 Å². The molecule has 0 saturated heterocycles. The summed E-state index contributed by atoms with van der Waals surface area (Å²) in [6.45, 7) is 0. The maximum atomic E-state index is 13.1. The van der Waals surface area contributed by atoms with Crippen LogP contribution < -0.4 is 14.4 Å². The predicted molar refractivity (Wildman–Crippen MR) is 110 cm³/mol. The number of sulfonamides is 1. The Hall–Kier alpha value is -2.25. The zero-order chi connectivity index (χ0) is 20.3. The Morgan fingerprint density at radius 3 is 2.54 bits per heavy atom. The van der Waals surface area contributed by atoms with E-state index in [1.165, 1.54) is 32.4 Å². The molecule has 28 heavy (non-hydrogen) atoms. The Kier molecular flexibility index (Phi) is 6.15. The van der Waals surface area contributed by atoms with Crippen LogP contribution in [0.15, 0.2) is 47.4 Å². The van der Waals surface area contributed by atoms with Gasteiger partial charge >= 0.3 is 0 Å². The SMILES string of the molecule is COc1ccccc1N(C)S(=O)(=O)c1ccc(Cl)c(C(=O)NC2CCCC2)c1. The predicted octanol–water partition coefficient (Wildman–Crippen LogP) is 3.85. The molecular formula is C20H23ClN2O4S. The zero-order valence-corrected chi connectivity index (χ0v) is 17.4. The van der Waals surface area contributed by atoms with E-state index in [4.69, 9.17) is 16.3 Å². The quantitative estimate of drug-likeness (QED) is 0.767. The van der Waals surface area contributed by atoms with Crippen molar-refractivity contribution in [3.8, 4) is 5.75 Å². The third-order valence-electron chi connectivity index (χ3n) is 4.96. The smallest absolute Gasteiger partial charge is 0.264 e. The maximum absolute atomic E-state index is 13.1. The molecule has 0 radical (unpaired) electrons. The lowest BCUT2D eigenvalue weighted by Crippen LogP contribution is -2.33. The van der Waals surface area contributed by atoms with Gasteiger partial charge in [-0.15, -0.1) is 0 Å². The normalized spacial score (nSPS) is 14.7. The van der Waals surface area contributed by atoms with E-state index in [9.17, 15) is 13.2 Å². The summed E-state index contributed by atoms with van der Waals surface area (Å²) in [7, 11) is -0.986. The average Bonchev–Trinajstić information content (AvgIpc) is 3.20. The largest absolute Gasteiger partial charge is 0.495 e. The van der Waals surface area contributed by atoms with Crippen molar-refractivity contribution in [1.82, 2.24) is 5.32 Å². The van der Waals surface area contributed by atoms with Crippen LogP contribution in [0, 0.1) is 0 Å². The molecule has 150 valence electrons. The van der Waals surface area contributed by atoms with Gasteiger partial charge in [0, 0.05) is 13.1 Å². The summed E-state index contributed by atoms with van der Waals surface area (Å²) >= 11 is 6.18. The molecule has 3 rings (SSSR count). The third kappa shape index (κ3) is 4.10. The number of benzene rings is 2. The molecule has 1 aliphatic rings. The first-order chi connectivity index (χ1) is 13.3. The average molecular weight is 423 g/mol. The van der Waals surface area contributed by atoms with E-state index in [0.29, 0.717) is 11.4 Å². The van der Waals surface area contributed by atoms with E-state index < -0.39 is 10.0 Å². The van der Waals surface area contributed by atoms with Gasteiger partial charge in [0.25, 0.3) is 15.9 Å². The molecule has 2 aromatic carbocycles. The molecule has 0 aliphatic heterocycles. The molecule has 0 heterocycles. The van der Waals surface area contributed by atoms with E-state index in [0.717, 1.165) is 30.0 Å². The molecule has 0 aromatic heterocycles.